The fourth-order valence-electron chi connectivity index (χ4n) is 3.71. The second kappa shape index (κ2) is 4.15. The zero-order valence-corrected chi connectivity index (χ0v) is 11.3. The lowest BCUT2D eigenvalue weighted by atomic mass is 9.48. The Labute approximate surface area is 110 Å². The third-order valence-corrected chi connectivity index (χ3v) is 5.22. The van der Waals surface area contributed by atoms with Crippen LogP contribution in [0.25, 0.3) is 0 Å². The van der Waals surface area contributed by atoms with E-state index in [0.29, 0.717) is 11.2 Å². The maximum absolute atomic E-state index is 9.28. The Kier molecular flexibility index (Phi) is 2.73. The highest BCUT2D eigenvalue weighted by Crippen LogP contribution is 2.59. The van der Waals surface area contributed by atoms with E-state index in [-0.39, 0.29) is 0 Å². The van der Waals surface area contributed by atoms with Crippen molar-refractivity contribution < 1.29 is 5.11 Å². The summed E-state index contributed by atoms with van der Waals surface area (Å²) in [6.45, 7) is 4.86. The Bertz CT molecular complexity index is 467. The van der Waals surface area contributed by atoms with Crippen LogP contribution in [-0.4, -0.2) is 5.11 Å². The van der Waals surface area contributed by atoms with Gasteiger partial charge in [-0.05, 0) is 60.6 Å². The van der Waals surface area contributed by atoms with Crippen molar-refractivity contribution in [2.75, 3.05) is 0 Å². The van der Waals surface area contributed by atoms with Gasteiger partial charge in [-0.25, -0.2) is 0 Å². The second-order valence-corrected chi connectivity index (χ2v) is 6.49. The molecule has 2 unspecified atom stereocenters. The van der Waals surface area contributed by atoms with Crippen LogP contribution in [0.15, 0.2) is 35.9 Å². The fraction of sp³-hybridized carbons (Fsp3) is 0.529. The zero-order chi connectivity index (χ0) is 12.8. The molecule has 2 bridgehead atoms. The smallest absolute Gasteiger partial charge is 0.115 e. The number of fused-ring (bicyclic) bond motifs is 1. The van der Waals surface area contributed by atoms with E-state index in [0.717, 1.165) is 18.3 Å². The van der Waals surface area contributed by atoms with Crippen LogP contribution >= 0.6 is 0 Å². The highest BCUT2D eigenvalue weighted by Gasteiger charge is 2.50. The van der Waals surface area contributed by atoms with Gasteiger partial charge in [0.15, 0.2) is 0 Å². The Balaban J connectivity index is 1.64. The van der Waals surface area contributed by atoms with Crippen molar-refractivity contribution in [1.82, 2.24) is 0 Å². The first kappa shape index (κ1) is 11.8. The Morgan fingerprint density at radius 2 is 1.89 bits per heavy atom. The van der Waals surface area contributed by atoms with Gasteiger partial charge in [0, 0.05) is 0 Å². The molecule has 1 heteroatoms. The predicted molar refractivity (Wildman–Crippen MR) is 74.5 cm³/mol. The van der Waals surface area contributed by atoms with Crippen LogP contribution in [0.4, 0.5) is 0 Å². The summed E-state index contributed by atoms with van der Waals surface area (Å²) in [5.41, 5.74) is 3.54. The summed E-state index contributed by atoms with van der Waals surface area (Å²) in [6.07, 6.45) is 7.47. The minimum absolute atomic E-state index is 0.360. The van der Waals surface area contributed by atoms with Crippen LogP contribution in [-0.2, 0) is 6.42 Å². The van der Waals surface area contributed by atoms with Gasteiger partial charge in [-0.15, -0.1) is 0 Å². The van der Waals surface area contributed by atoms with Gasteiger partial charge in [0.1, 0.15) is 5.75 Å². The van der Waals surface area contributed by atoms with E-state index in [2.05, 4.69) is 19.9 Å². The molecular weight excluding hydrogens is 220 g/mol. The number of rotatable bonds is 3. The average Bonchev–Trinajstić information content (AvgIpc) is 2.38. The van der Waals surface area contributed by atoms with Crippen LogP contribution in [0.3, 0.4) is 0 Å². The van der Waals surface area contributed by atoms with Crippen LogP contribution < -0.4 is 0 Å². The van der Waals surface area contributed by atoms with Crippen molar-refractivity contribution in [3.8, 4) is 5.75 Å². The van der Waals surface area contributed by atoms with E-state index in [1.165, 1.54) is 24.8 Å². The molecule has 96 valence electrons. The molecule has 18 heavy (non-hydrogen) atoms. The fourth-order valence-corrected chi connectivity index (χ4v) is 3.71. The van der Waals surface area contributed by atoms with E-state index < -0.39 is 0 Å². The quantitative estimate of drug-likeness (QED) is 0.783. The van der Waals surface area contributed by atoms with Crippen molar-refractivity contribution in [2.45, 2.75) is 39.5 Å². The normalized spacial score (nSPS) is 28.4. The first-order valence-electron chi connectivity index (χ1n) is 7.04. The van der Waals surface area contributed by atoms with Gasteiger partial charge >= 0.3 is 0 Å². The Hall–Kier alpha value is -1.24. The van der Waals surface area contributed by atoms with Crippen molar-refractivity contribution in [1.29, 1.82) is 0 Å². The van der Waals surface area contributed by atoms with E-state index >= 15 is 0 Å². The molecule has 1 nitrogen and oxygen atoms in total. The first-order valence-corrected chi connectivity index (χ1v) is 7.04. The summed E-state index contributed by atoms with van der Waals surface area (Å²) < 4.78 is 0. The van der Waals surface area contributed by atoms with Gasteiger partial charge < -0.3 is 5.11 Å². The van der Waals surface area contributed by atoms with E-state index in [9.17, 15) is 5.11 Å². The highest BCUT2D eigenvalue weighted by atomic mass is 16.3. The maximum atomic E-state index is 9.28. The molecule has 3 aliphatic carbocycles. The molecule has 0 spiro atoms. The second-order valence-electron chi connectivity index (χ2n) is 6.49. The molecule has 1 aromatic rings. The molecule has 1 saturated carbocycles. The third kappa shape index (κ3) is 1.86. The van der Waals surface area contributed by atoms with Crippen molar-refractivity contribution in [3.63, 3.8) is 0 Å². The van der Waals surface area contributed by atoms with Gasteiger partial charge in [-0.2, -0.15) is 0 Å². The zero-order valence-electron chi connectivity index (χ0n) is 11.3. The number of hydrogen-bond acceptors (Lipinski definition) is 1. The third-order valence-electron chi connectivity index (χ3n) is 5.22. The van der Waals surface area contributed by atoms with E-state index in [1.54, 1.807) is 17.7 Å². The summed E-state index contributed by atoms with van der Waals surface area (Å²) in [6, 6.07) is 7.64. The van der Waals surface area contributed by atoms with Gasteiger partial charge in [0.25, 0.3) is 0 Å². The average molecular weight is 242 g/mol. The minimum Gasteiger partial charge on any atom is -0.508 e. The lowest BCUT2D eigenvalue weighted by Gasteiger charge is -2.56. The van der Waals surface area contributed by atoms with Gasteiger partial charge in [0.2, 0.25) is 0 Å². The molecule has 0 saturated heterocycles. The minimum atomic E-state index is 0.360. The van der Waals surface area contributed by atoms with Crippen molar-refractivity contribution in [3.05, 3.63) is 41.5 Å². The molecule has 1 aromatic carbocycles. The molecule has 1 N–H and O–H groups in total. The molecule has 4 rings (SSSR count). The largest absolute Gasteiger partial charge is 0.508 e. The topological polar surface area (TPSA) is 20.2 Å². The van der Waals surface area contributed by atoms with Gasteiger partial charge in [-0.1, -0.05) is 37.6 Å². The lowest BCUT2D eigenvalue weighted by molar-refractivity contribution is -0.00816. The SMILES string of the molecule is CC1(C)C2CC=C(CCc3ccc(O)cc3)C1C2. The molecular formula is C17H22O. The molecule has 0 aliphatic heterocycles. The summed E-state index contributed by atoms with van der Waals surface area (Å²) in [5.74, 6) is 2.12. The summed E-state index contributed by atoms with van der Waals surface area (Å²) >= 11 is 0. The van der Waals surface area contributed by atoms with Crippen LogP contribution in [0.1, 0.15) is 38.7 Å². The summed E-state index contributed by atoms with van der Waals surface area (Å²) in [7, 11) is 0. The lowest BCUT2D eigenvalue weighted by Crippen LogP contribution is -2.48. The number of hydrogen-bond donors (Lipinski definition) is 1. The van der Waals surface area contributed by atoms with Gasteiger partial charge in [0.05, 0.1) is 0 Å². The monoisotopic (exact) mass is 242 g/mol. The molecule has 3 aliphatic rings. The number of allylic oxidation sites excluding steroid dienone is 2. The first-order chi connectivity index (χ1) is 8.57. The molecule has 1 fully saturated rings. The molecule has 0 amide bonds. The van der Waals surface area contributed by atoms with Crippen molar-refractivity contribution in [2.24, 2.45) is 17.3 Å². The van der Waals surface area contributed by atoms with E-state index in [4.69, 9.17) is 0 Å². The number of phenolic OH excluding ortho intramolecular Hbond substituents is 1. The number of phenols is 1. The van der Waals surface area contributed by atoms with E-state index in [1.807, 2.05) is 12.1 Å². The van der Waals surface area contributed by atoms with Crippen molar-refractivity contribution >= 4 is 0 Å². The Morgan fingerprint density at radius 1 is 1.17 bits per heavy atom. The predicted octanol–water partition coefficient (Wildman–Crippen LogP) is 4.32. The maximum Gasteiger partial charge on any atom is 0.115 e. The van der Waals surface area contributed by atoms with Crippen LogP contribution in [0.2, 0.25) is 0 Å². The highest BCUT2D eigenvalue weighted by molar-refractivity contribution is 5.28. The number of aryl methyl sites for hydroxylation is 1. The molecule has 2 atom stereocenters. The molecule has 0 radical (unpaired) electrons. The number of benzene rings is 1. The van der Waals surface area contributed by atoms with Crippen LogP contribution in [0, 0.1) is 17.3 Å². The summed E-state index contributed by atoms with van der Waals surface area (Å²) in [4.78, 5) is 0. The molecule has 0 aromatic heterocycles. The summed E-state index contributed by atoms with van der Waals surface area (Å²) in [5, 5.41) is 9.28. The van der Waals surface area contributed by atoms with Crippen LogP contribution in [0.5, 0.6) is 5.75 Å². The molecule has 0 heterocycles. The Morgan fingerprint density at radius 3 is 2.50 bits per heavy atom. The number of aromatic hydroxyl groups is 1. The van der Waals surface area contributed by atoms with Gasteiger partial charge in [-0.3, -0.25) is 0 Å². The standard InChI is InChI=1S/C17H22O/c1-17(2)14-8-7-13(16(17)11-14)6-3-12-4-9-15(18)10-5-12/h4-5,7,9-10,14,16,18H,3,6,8,11H2,1-2H3.